The van der Waals surface area contributed by atoms with Gasteiger partial charge in [-0.3, -0.25) is 0 Å². The Kier molecular flexibility index (Phi) is 3.64. The van der Waals surface area contributed by atoms with Crippen molar-refractivity contribution < 1.29 is 9.32 Å². The van der Waals surface area contributed by atoms with E-state index in [0.717, 1.165) is 35.3 Å². The summed E-state index contributed by atoms with van der Waals surface area (Å²) >= 11 is 0. The Labute approximate surface area is 122 Å². The van der Waals surface area contributed by atoms with Gasteiger partial charge < -0.3 is 9.84 Å². The second-order valence-corrected chi connectivity index (χ2v) is 5.45. The Morgan fingerprint density at radius 1 is 1.24 bits per heavy atom. The third-order valence-corrected chi connectivity index (χ3v) is 3.85. The number of nitrogens with one attached hydrogen (secondary N) is 1. The van der Waals surface area contributed by atoms with Gasteiger partial charge in [0.15, 0.2) is 0 Å². The molecule has 0 aliphatic heterocycles. The molecule has 1 aliphatic rings. The zero-order valence-corrected chi connectivity index (χ0v) is 12.0. The van der Waals surface area contributed by atoms with Gasteiger partial charge in [-0.2, -0.15) is 0 Å². The quantitative estimate of drug-likeness (QED) is 0.922. The topological polar surface area (TPSA) is 64.2 Å². The molecule has 1 N–H and O–H groups in total. The van der Waals surface area contributed by atoms with Crippen molar-refractivity contribution in [1.82, 2.24) is 10.1 Å². The Morgan fingerprint density at radius 2 is 1.95 bits per heavy atom. The molecule has 5 heteroatoms. The van der Waals surface area contributed by atoms with Crippen LogP contribution in [0.25, 0.3) is 0 Å². The summed E-state index contributed by atoms with van der Waals surface area (Å²) in [4.78, 5) is 23.9. The van der Waals surface area contributed by atoms with Crippen LogP contribution >= 0.6 is 0 Å². The van der Waals surface area contributed by atoms with Crippen molar-refractivity contribution in [2.24, 2.45) is 0 Å². The standard InChI is InChI=1S/C16H18N2O3/c1-11-6-8-12(9-7-11)10-17-16(20)18-14-5-3-2-4-13(14)15(19)21-18/h6-9H,2-5,10H2,1H3,(H,17,20). The van der Waals surface area contributed by atoms with E-state index in [-0.39, 0.29) is 11.7 Å². The van der Waals surface area contributed by atoms with E-state index in [0.29, 0.717) is 18.5 Å². The number of fused-ring (bicyclic) bond motifs is 1. The summed E-state index contributed by atoms with van der Waals surface area (Å²) in [6.07, 6.45) is 3.39. The van der Waals surface area contributed by atoms with E-state index in [1.165, 1.54) is 5.56 Å². The Balaban J connectivity index is 1.74. The molecule has 0 unspecified atom stereocenters. The number of aromatic nitrogens is 1. The lowest BCUT2D eigenvalue weighted by molar-refractivity contribution is 0.204. The number of hydrogen-bond acceptors (Lipinski definition) is 3. The molecule has 3 rings (SSSR count). The van der Waals surface area contributed by atoms with Crippen LogP contribution in [0.2, 0.25) is 0 Å². The number of carbonyl (C=O) groups is 1. The summed E-state index contributed by atoms with van der Waals surface area (Å²) in [5, 5.41) is 2.79. The number of nitrogens with zero attached hydrogens (tertiary/aromatic N) is 1. The van der Waals surface area contributed by atoms with Crippen LogP contribution in [0.1, 0.15) is 35.2 Å². The molecule has 1 amide bonds. The number of carbonyl (C=O) groups excluding carboxylic acids is 1. The Morgan fingerprint density at radius 3 is 2.71 bits per heavy atom. The maximum Gasteiger partial charge on any atom is 0.361 e. The smallest absolute Gasteiger partial charge is 0.331 e. The lowest BCUT2D eigenvalue weighted by atomic mass is 9.98. The van der Waals surface area contributed by atoms with Gasteiger partial charge in [0.05, 0.1) is 11.3 Å². The SMILES string of the molecule is Cc1ccc(CNC(=O)n2oc(=O)c3c2CCCC3)cc1. The van der Waals surface area contributed by atoms with Gasteiger partial charge in [0.1, 0.15) is 0 Å². The highest BCUT2D eigenvalue weighted by Crippen LogP contribution is 2.18. The van der Waals surface area contributed by atoms with Crippen LogP contribution in [0.3, 0.4) is 0 Å². The van der Waals surface area contributed by atoms with Crippen LogP contribution in [0.5, 0.6) is 0 Å². The van der Waals surface area contributed by atoms with Crippen molar-refractivity contribution in [3.05, 3.63) is 57.1 Å². The molecule has 0 bridgehead atoms. The van der Waals surface area contributed by atoms with Crippen molar-refractivity contribution in [2.45, 2.75) is 39.2 Å². The van der Waals surface area contributed by atoms with Crippen LogP contribution in [0.4, 0.5) is 4.79 Å². The van der Waals surface area contributed by atoms with E-state index in [9.17, 15) is 9.59 Å². The van der Waals surface area contributed by atoms with Crippen LogP contribution in [-0.2, 0) is 19.4 Å². The molecule has 0 saturated carbocycles. The fourth-order valence-electron chi connectivity index (χ4n) is 2.65. The largest absolute Gasteiger partial charge is 0.361 e. The van der Waals surface area contributed by atoms with Crippen LogP contribution in [0.15, 0.2) is 33.6 Å². The Hall–Kier alpha value is -2.30. The van der Waals surface area contributed by atoms with Crippen molar-refractivity contribution in [3.63, 3.8) is 0 Å². The van der Waals surface area contributed by atoms with Crippen LogP contribution in [-0.4, -0.2) is 10.8 Å². The second kappa shape index (κ2) is 5.60. The zero-order chi connectivity index (χ0) is 14.8. The summed E-state index contributed by atoms with van der Waals surface area (Å²) in [5.74, 6) is 0. The lowest BCUT2D eigenvalue weighted by Crippen LogP contribution is -2.29. The monoisotopic (exact) mass is 286 g/mol. The van der Waals surface area contributed by atoms with Crippen molar-refractivity contribution >= 4 is 6.03 Å². The van der Waals surface area contributed by atoms with Gasteiger partial charge >= 0.3 is 11.7 Å². The minimum atomic E-state index is -0.379. The van der Waals surface area contributed by atoms with Gasteiger partial charge in [-0.05, 0) is 38.2 Å². The van der Waals surface area contributed by atoms with Gasteiger partial charge in [0, 0.05) is 6.54 Å². The first-order valence-electron chi connectivity index (χ1n) is 7.23. The first-order chi connectivity index (χ1) is 10.1. The fraction of sp³-hybridized carbons (Fsp3) is 0.375. The predicted octanol–water partition coefficient (Wildman–Crippen LogP) is 2.39. The summed E-state index contributed by atoms with van der Waals surface area (Å²) in [5.41, 5.74) is 3.20. The normalized spacial score (nSPS) is 13.8. The lowest BCUT2D eigenvalue weighted by Gasteiger charge is -2.11. The summed E-state index contributed by atoms with van der Waals surface area (Å²) < 4.78 is 6.22. The van der Waals surface area contributed by atoms with Crippen molar-refractivity contribution in [2.75, 3.05) is 0 Å². The van der Waals surface area contributed by atoms with E-state index in [4.69, 9.17) is 4.52 Å². The first kappa shape index (κ1) is 13.7. The third kappa shape index (κ3) is 2.77. The highest BCUT2D eigenvalue weighted by molar-refractivity contribution is 5.76. The molecule has 110 valence electrons. The molecule has 1 aliphatic carbocycles. The van der Waals surface area contributed by atoms with Gasteiger partial charge in [0.2, 0.25) is 0 Å². The summed E-state index contributed by atoms with van der Waals surface area (Å²) in [7, 11) is 0. The van der Waals surface area contributed by atoms with Crippen LogP contribution < -0.4 is 10.9 Å². The molecule has 0 radical (unpaired) electrons. The molecule has 0 spiro atoms. The molecule has 0 saturated heterocycles. The first-order valence-corrected chi connectivity index (χ1v) is 7.23. The maximum atomic E-state index is 12.2. The number of rotatable bonds is 2. The number of hydrogen-bond donors (Lipinski definition) is 1. The second-order valence-electron chi connectivity index (χ2n) is 5.45. The van der Waals surface area contributed by atoms with Gasteiger partial charge in [-0.1, -0.05) is 29.8 Å². The highest BCUT2D eigenvalue weighted by Gasteiger charge is 2.23. The molecule has 0 atom stereocenters. The minimum Gasteiger partial charge on any atom is -0.331 e. The van der Waals surface area contributed by atoms with Gasteiger partial charge in [-0.25, -0.2) is 9.59 Å². The molecule has 1 heterocycles. The molecular weight excluding hydrogens is 268 g/mol. The average molecular weight is 286 g/mol. The summed E-state index contributed by atoms with van der Waals surface area (Å²) in [6, 6.07) is 7.56. The third-order valence-electron chi connectivity index (χ3n) is 3.85. The van der Waals surface area contributed by atoms with Gasteiger partial charge in [-0.15, -0.1) is 4.74 Å². The van der Waals surface area contributed by atoms with E-state index < -0.39 is 0 Å². The van der Waals surface area contributed by atoms with E-state index in [1.807, 2.05) is 31.2 Å². The van der Waals surface area contributed by atoms with E-state index >= 15 is 0 Å². The predicted molar refractivity (Wildman–Crippen MR) is 78.4 cm³/mol. The fourth-order valence-corrected chi connectivity index (χ4v) is 2.65. The number of aryl methyl sites for hydroxylation is 1. The molecule has 1 aromatic heterocycles. The molecule has 1 aromatic carbocycles. The van der Waals surface area contributed by atoms with E-state index in [2.05, 4.69) is 5.32 Å². The Bertz CT molecular complexity index is 710. The number of benzene rings is 1. The van der Waals surface area contributed by atoms with E-state index in [1.54, 1.807) is 0 Å². The number of amides is 1. The highest BCUT2D eigenvalue weighted by atomic mass is 16.5. The van der Waals surface area contributed by atoms with Crippen molar-refractivity contribution in [1.29, 1.82) is 0 Å². The molecular formula is C16H18N2O3. The average Bonchev–Trinajstić information content (AvgIpc) is 2.84. The van der Waals surface area contributed by atoms with Crippen LogP contribution in [0, 0.1) is 6.92 Å². The summed E-state index contributed by atoms with van der Waals surface area (Å²) in [6.45, 7) is 2.43. The minimum absolute atomic E-state index is 0.379. The van der Waals surface area contributed by atoms with Gasteiger partial charge in [0.25, 0.3) is 0 Å². The molecule has 0 fully saturated rings. The molecule has 21 heavy (non-hydrogen) atoms. The maximum absolute atomic E-state index is 12.2. The zero-order valence-electron chi connectivity index (χ0n) is 12.0. The molecule has 5 nitrogen and oxygen atoms in total. The van der Waals surface area contributed by atoms with Crippen molar-refractivity contribution in [3.8, 4) is 0 Å². The molecule has 2 aromatic rings.